The molecule has 0 radical (unpaired) electrons. The summed E-state index contributed by atoms with van der Waals surface area (Å²) in [4.78, 5) is 73.1. The van der Waals surface area contributed by atoms with Gasteiger partial charge in [0.05, 0.1) is 60.0 Å². The van der Waals surface area contributed by atoms with Gasteiger partial charge in [-0.3, -0.25) is 15.0 Å². The van der Waals surface area contributed by atoms with Gasteiger partial charge in [-0.25, -0.2) is 28.8 Å². The summed E-state index contributed by atoms with van der Waals surface area (Å²) in [7, 11) is 0. The van der Waals surface area contributed by atoms with Crippen LogP contribution in [0.15, 0.2) is 87.4 Å². The molecule has 0 saturated heterocycles. The van der Waals surface area contributed by atoms with Gasteiger partial charge >= 0.3 is 40.3 Å². The number of H-pyrrole nitrogens is 3. The Morgan fingerprint density at radius 2 is 1.09 bits per heavy atom. The van der Waals surface area contributed by atoms with E-state index in [1.165, 1.54) is 18.2 Å². The summed E-state index contributed by atoms with van der Waals surface area (Å²) in [6.07, 6.45) is -4.58. The van der Waals surface area contributed by atoms with Gasteiger partial charge in [-0.1, -0.05) is 39.1 Å². The minimum Gasteiger partial charge on any atom is -0.372 e. The number of halogens is 7. The number of alkyl halides is 3. The van der Waals surface area contributed by atoms with Gasteiger partial charge in [0, 0.05) is 8.95 Å². The van der Waals surface area contributed by atoms with Crippen molar-refractivity contribution >= 4 is 87.8 Å². The van der Waals surface area contributed by atoms with Gasteiger partial charge in [-0.05, 0) is 52.3 Å². The number of aromatic amines is 3. The van der Waals surface area contributed by atoms with Crippen molar-refractivity contribution < 1.29 is 26.4 Å². The molecule has 46 heavy (non-hydrogen) atoms. The third kappa shape index (κ3) is 7.56. The van der Waals surface area contributed by atoms with Crippen molar-refractivity contribution in [2.24, 2.45) is 0 Å². The summed E-state index contributed by atoms with van der Waals surface area (Å²) in [5.74, 6) is -2.71. The maximum Gasteiger partial charge on any atom is 0.419 e. The van der Waals surface area contributed by atoms with Crippen LogP contribution in [0.3, 0.4) is 0 Å². The first-order valence-electron chi connectivity index (χ1n) is 11.7. The highest BCUT2D eigenvalue weighted by Crippen LogP contribution is 2.33. The zero-order valence-electron chi connectivity index (χ0n) is 21.7. The maximum atomic E-state index is 12.5. The van der Waals surface area contributed by atoms with E-state index in [4.69, 9.17) is 28.5 Å². The highest BCUT2D eigenvalue weighted by atomic mass is 79.9. The van der Waals surface area contributed by atoms with Gasteiger partial charge in [0.1, 0.15) is 0 Å². The predicted octanol–water partition coefficient (Wildman–Crippen LogP) is 5.17. The smallest absolute Gasteiger partial charge is 0.372 e. The average Bonchev–Trinajstić information content (AvgIpc) is 2.95. The van der Waals surface area contributed by atoms with E-state index in [2.05, 4.69) is 60.1 Å². The van der Waals surface area contributed by atoms with E-state index < -0.39 is 45.9 Å². The fourth-order valence-corrected chi connectivity index (χ4v) is 5.36. The van der Waals surface area contributed by atoms with E-state index in [-0.39, 0.29) is 47.8 Å². The molecule has 0 fully saturated rings. The molecule has 3 aromatic carbocycles. The molecule has 20 heteroatoms. The van der Waals surface area contributed by atoms with E-state index in [9.17, 15) is 41.9 Å². The second kappa shape index (κ2) is 13.3. The summed E-state index contributed by atoms with van der Waals surface area (Å²) in [6, 6.07) is 9.03. The number of fused-ring (bicyclic) bond motifs is 3. The van der Waals surface area contributed by atoms with E-state index in [1.54, 1.807) is 6.07 Å². The lowest BCUT2D eigenvalue weighted by Crippen LogP contribution is -2.16. The molecule has 0 atom stereocenters. The number of nitriles is 1. The Morgan fingerprint density at radius 1 is 0.652 bits per heavy atom. The molecule has 0 aliphatic carbocycles. The van der Waals surface area contributed by atoms with Crippen molar-refractivity contribution in [1.29, 1.82) is 5.26 Å². The van der Waals surface area contributed by atoms with Crippen LogP contribution in [0.2, 0.25) is 10.0 Å². The second-order valence-electron chi connectivity index (χ2n) is 8.59. The van der Waals surface area contributed by atoms with Crippen molar-refractivity contribution in [2.75, 3.05) is 0 Å². The third-order valence-electron chi connectivity index (χ3n) is 5.59. The maximum absolute atomic E-state index is 12.5. The number of hydrogen-bond acceptors (Lipinski definition) is 10. The fraction of sp³-hybridized carbons (Fsp3) is 0.0385. The SMILES string of the molecule is N#Cc1cc(Cl)c2[nH]c(=O)oc(=O)c2c1.O=c1[nH]c2c(Br)cc(C(F)(F)F)cc2c(=O)o1.O=c1[nH]c2c(Cl)cc(Br)cc2c(=O)o1. The van der Waals surface area contributed by atoms with Crippen molar-refractivity contribution in [2.45, 2.75) is 6.18 Å². The van der Waals surface area contributed by atoms with Crippen LogP contribution >= 0.6 is 55.1 Å². The topological polar surface area (TPSA) is 213 Å². The van der Waals surface area contributed by atoms with Gasteiger partial charge in [0.25, 0.3) is 0 Å². The highest BCUT2D eigenvalue weighted by Gasteiger charge is 2.31. The Labute approximate surface area is 275 Å². The molecule has 3 heterocycles. The van der Waals surface area contributed by atoms with Crippen LogP contribution < -0.4 is 34.1 Å². The number of nitrogens with one attached hydrogen (secondary N) is 3. The molecule has 6 rings (SSSR count). The second-order valence-corrected chi connectivity index (χ2v) is 11.2. The molecule has 0 unspecified atom stereocenters. The number of rotatable bonds is 0. The number of aromatic nitrogens is 3. The third-order valence-corrected chi connectivity index (χ3v) is 7.27. The normalized spacial score (nSPS) is 11.0. The highest BCUT2D eigenvalue weighted by molar-refractivity contribution is 9.11. The zero-order chi connectivity index (χ0) is 34.1. The van der Waals surface area contributed by atoms with Crippen LogP contribution in [0.25, 0.3) is 32.7 Å². The van der Waals surface area contributed by atoms with E-state index >= 15 is 0 Å². The molecule has 0 saturated carbocycles. The van der Waals surface area contributed by atoms with Crippen molar-refractivity contribution in [1.82, 2.24) is 15.0 Å². The molecular weight excluding hydrogens is 800 g/mol. The van der Waals surface area contributed by atoms with Crippen molar-refractivity contribution in [3.05, 3.63) is 129 Å². The quantitative estimate of drug-likeness (QED) is 0.183. The van der Waals surface area contributed by atoms with Crippen LogP contribution in [0.5, 0.6) is 0 Å². The van der Waals surface area contributed by atoms with Gasteiger partial charge in [-0.15, -0.1) is 0 Å². The van der Waals surface area contributed by atoms with E-state index in [0.717, 1.165) is 6.07 Å². The molecule has 13 nitrogen and oxygen atoms in total. The van der Waals surface area contributed by atoms with Crippen molar-refractivity contribution in [3.63, 3.8) is 0 Å². The lowest BCUT2D eigenvalue weighted by atomic mass is 10.1. The summed E-state index contributed by atoms with van der Waals surface area (Å²) in [6.45, 7) is 0. The van der Waals surface area contributed by atoms with Crippen LogP contribution in [-0.2, 0) is 6.18 Å². The minimum atomic E-state index is -4.58. The summed E-state index contributed by atoms with van der Waals surface area (Å²) in [5, 5.41) is 9.06. The van der Waals surface area contributed by atoms with Gasteiger partial charge in [0.15, 0.2) is 0 Å². The van der Waals surface area contributed by atoms with Gasteiger partial charge in [0.2, 0.25) is 0 Å². The molecule has 6 aromatic rings. The summed E-state index contributed by atoms with van der Waals surface area (Å²) in [5.41, 5.74) is -2.97. The molecular formula is C26H9Br2Cl2F3N4O9. The zero-order valence-corrected chi connectivity index (χ0v) is 26.4. The van der Waals surface area contributed by atoms with Gasteiger partial charge in [-0.2, -0.15) is 18.4 Å². The Balaban J connectivity index is 0.000000157. The molecule has 236 valence electrons. The largest absolute Gasteiger partial charge is 0.419 e. The van der Waals surface area contributed by atoms with Crippen LogP contribution in [0.4, 0.5) is 13.2 Å². The molecule has 3 aromatic heterocycles. The molecule has 0 amide bonds. The van der Waals surface area contributed by atoms with Crippen LogP contribution in [0.1, 0.15) is 11.1 Å². The molecule has 0 aliphatic heterocycles. The lowest BCUT2D eigenvalue weighted by molar-refractivity contribution is -0.137. The predicted molar refractivity (Wildman–Crippen MR) is 164 cm³/mol. The Morgan fingerprint density at radius 3 is 1.57 bits per heavy atom. The minimum absolute atomic E-state index is 0.0285. The molecule has 0 aliphatic rings. The average molecular weight is 809 g/mol. The summed E-state index contributed by atoms with van der Waals surface area (Å²) >= 11 is 17.6. The van der Waals surface area contributed by atoms with Crippen LogP contribution in [-0.4, -0.2) is 15.0 Å². The van der Waals surface area contributed by atoms with E-state index in [1.807, 2.05) is 6.07 Å². The summed E-state index contributed by atoms with van der Waals surface area (Å²) < 4.78 is 50.9. The first kappa shape index (κ1) is 34.2. The molecule has 3 N–H and O–H groups in total. The van der Waals surface area contributed by atoms with Crippen LogP contribution in [0, 0.1) is 11.3 Å². The first-order chi connectivity index (χ1) is 21.5. The molecule has 0 bridgehead atoms. The Hall–Kier alpha value is -4.70. The van der Waals surface area contributed by atoms with Crippen molar-refractivity contribution in [3.8, 4) is 6.07 Å². The molecule has 0 spiro atoms. The monoisotopic (exact) mass is 806 g/mol. The lowest BCUT2D eigenvalue weighted by Gasteiger charge is -2.08. The Bertz CT molecular complexity index is 2580. The van der Waals surface area contributed by atoms with E-state index in [0.29, 0.717) is 15.6 Å². The van der Waals surface area contributed by atoms with Gasteiger partial charge < -0.3 is 13.3 Å². The Kier molecular flexibility index (Phi) is 9.91. The fourth-order valence-electron chi connectivity index (χ4n) is 3.68. The standard InChI is InChI=1S/C9H3BrF3NO3.C9H3ClN2O3.C8H3BrClNO3/c10-5-2-3(9(11,12)13)1-4-6(5)14-8(16)17-7(4)15;10-6-2-4(3-11)1-5-7(6)12-9(14)15-8(5)13;9-3-1-4-6(5(10)2-3)11-8(13)14-7(4)12/h1-2H,(H,14,16);1-2H,(H,12,14);1-2H,(H,11,13). The number of hydrogen-bond donors (Lipinski definition) is 3. The first-order valence-corrected chi connectivity index (χ1v) is 14.1. The number of benzene rings is 3. The number of nitrogens with zero attached hydrogens (tertiary/aromatic N) is 1.